The molecule has 0 aliphatic carbocycles. The highest BCUT2D eigenvalue weighted by Gasteiger charge is 2.08. The average molecular weight is 441 g/mol. The van der Waals surface area contributed by atoms with Gasteiger partial charge in [0, 0.05) is 11.6 Å². The standard InChI is InChI=1S/C27H23NO5/c1-30-24-7-5-4-6-23(24)21(18-28)16-19-8-12-22(13-9-19)33-27(29)15-11-20-10-14-25(31-2)26(17-20)32-3/h4-17H,1-3H3/b15-11+,21-16-. The Balaban J connectivity index is 1.69. The van der Waals surface area contributed by atoms with Crippen LogP contribution in [0.15, 0.2) is 72.8 Å². The van der Waals surface area contributed by atoms with Crippen LogP contribution >= 0.6 is 0 Å². The molecular formula is C27H23NO5. The predicted molar refractivity (Wildman–Crippen MR) is 127 cm³/mol. The maximum absolute atomic E-state index is 12.2. The largest absolute Gasteiger partial charge is 0.496 e. The number of hydrogen-bond donors (Lipinski definition) is 0. The van der Waals surface area contributed by atoms with E-state index in [4.69, 9.17) is 18.9 Å². The molecule has 166 valence electrons. The Morgan fingerprint density at radius 3 is 2.15 bits per heavy atom. The highest BCUT2D eigenvalue weighted by atomic mass is 16.5. The molecule has 3 aromatic rings. The van der Waals surface area contributed by atoms with Crippen LogP contribution in [-0.2, 0) is 4.79 Å². The quantitative estimate of drug-likeness (QED) is 0.153. The number of esters is 1. The summed E-state index contributed by atoms with van der Waals surface area (Å²) >= 11 is 0. The van der Waals surface area contributed by atoms with Gasteiger partial charge in [0.1, 0.15) is 11.5 Å². The maximum Gasteiger partial charge on any atom is 0.336 e. The third-order valence-corrected chi connectivity index (χ3v) is 4.75. The van der Waals surface area contributed by atoms with Crippen molar-refractivity contribution in [1.82, 2.24) is 0 Å². The minimum atomic E-state index is -0.514. The molecule has 0 amide bonds. The van der Waals surface area contributed by atoms with Gasteiger partial charge in [0.15, 0.2) is 11.5 Å². The van der Waals surface area contributed by atoms with Crippen molar-refractivity contribution in [3.05, 3.63) is 89.5 Å². The first kappa shape index (κ1) is 23.2. The van der Waals surface area contributed by atoms with Crippen molar-refractivity contribution in [2.45, 2.75) is 0 Å². The van der Waals surface area contributed by atoms with E-state index in [2.05, 4.69) is 6.07 Å². The average Bonchev–Trinajstić information content (AvgIpc) is 2.86. The summed E-state index contributed by atoms with van der Waals surface area (Å²) in [7, 11) is 4.68. The number of carbonyl (C=O) groups excluding carboxylic acids is 1. The van der Waals surface area contributed by atoms with Gasteiger partial charge in [0.05, 0.1) is 33.0 Å². The summed E-state index contributed by atoms with van der Waals surface area (Å²) in [5.41, 5.74) is 2.73. The summed E-state index contributed by atoms with van der Waals surface area (Å²) in [6.07, 6.45) is 4.72. The first-order chi connectivity index (χ1) is 16.1. The number of nitriles is 1. The van der Waals surface area contributed by atoms with Crippen LogP contribution in [-0.4, -0.2) is 27.3 Å². The Morgan fingerprint density at radius 1 is 0.818 bits per heavy atom. The second kappa shape index (κ2) is 11.2. The van der Waals surface area contributed by atoms with Gasteiger partial charge in [-0.3, -0.25) is 0 Å². The Morgan fingerprint density at radius 2 is 1.48 bits per heavy atom. The summed E-state index contributed by atoms with van der Waals surface area (Å²) in [6, 6.07) is 21.7. The van der Waals surface area contributed by atoms with Gasteiger partial charge in [-0.2, -0.15) is 5.26 Å². The highest BCUT2D eigenvalue weighted by Crippen LogP contribution is 2.29. The smallest absolute Gasteiger partial charge is 0.336 e. The number of hydrogen-bond acceptors (Lipinski definition) is 6. The molecule has 0 aliphatic heterocycles. The lowest BCUT2D eigenvalue weighted by molar-refractivity contribution is -0.128. The van der Waals surface area contributed by atoms with Crippen molar-refractivity contribution in [2.75, 3.05) is 21.3 Å². The molecule has 3 rings (SSSR count). The summed E-state index contributed by atoms with van der Waals surface area (Å²) in [5, 5.41) is 9.58. The minimum Gasteiger partial charge on any atom is -0.496 e. The molecule has 0 radical (unpaired) electrons. The lowest BCUT2D eigenvalue weighted by Crippen LogP contribution is -2.03. The number of allylic oxidation sites excluding steroid dienone is 1. The molecule has 0 saturated carbocycles. The maximum atomic E-state index is 12.2. The predicted octanol–water partition coefficient (Wildman–Crippen LogP) is 5.40. The van der Waals surface area contributed by atoms with Crippen LogP contribution in [0.2, 0.25) is 0 Å². The fourth-order valence-corrected chi connectivity index (χ4v) is 3.11. The van der Waals surface area contributed by atoms with E-state index in [1.165, 1.54) is 6.08 Å². The Kier molecular flexibility index (Phi) is 7.87. The molecular weight excluding hydrogens is 418 g/mol. The van der Waals surface area contributed by atoms with Crippen molar-refractivity contribution in [3.63, 3.8) is 0 Å². The molecule has 0 aliphatic rings. The van der Waals surface area contributed by atoms with Crippen molar-refractivity contribution >= 4 is 23.7 Å². The third-order valence-electron chi connectivity index (χ3n) is 4.75. The molecule has 0 N–H and O–H groups in total. The number of carbonyl (C=O) groups is 1. The SMILES string of the molecule is COc1ccc(/C=C/C(=O)Oc2ccc(/C=C(/C#N)c3ccccc3OC)cc2)cc1OC. The Labute approximate surface area is 192 Å². The lowest BCUT2D eigenvalue weighted by atomic mass is 10.0. The summed E-state index contributed by atoms with van der Waals surface area (Å²) < 4.78 is 21.2. The summed E-state index contributed by atoms with van der Waals surface area (Å²) in [5.74, 6) is 1.68. The monoisotopic (exact) mass is 441 g/mol. The van der Waals surface area contributed by atoms with Crippen LogP contribution in [0, 0.1) is 11.3 Å². The van der Waals surface area contributed by atoms with Gasteiger partial charge in [-0.15, -0.1) is 0 Å². The number of para-hydroxylation sites is 1. The number of rotatable bonds is 8. The molecule has 0 bridgehead atoms. The number of benzene rings is 3. The van der Waals surface area contributed by atoms with Gasteiger partial charge in [-0.05, 0) is 59.7 Å². The van der Waals surface area contributed by atoms with Crippen molar-refractivity contribution in [3.8, 4) is 29.1 Å². The van der Waals surface area contributed by atoms with Crippen molar-refractivity contribution in [2.24, 2.45) is 0 Å². The lowest BCUT2D eigenvalue weighted by Gasteiger charge is -2.07. The van der Waals surface area contributed by atoms with Crippen LogP contribution in [0.25, 0.3) is 17.7 Å². The van der Waals surface area contributed by atoms with E-state index >= 15 is 0 Å². The molecule has 0 spiro atoms. The van der Waals surface area contributed by atoms with Crippen LogP contribution in [0.1, 0.15) is 16.7 Å². The fraction of sp³-hybridized carbons (Fsp3) is 0.111. The van der Waals surface area contributed by atoms with Gasteiger partial charge >= 0.3 is 5.97 Å². The molecule has 0 aromatic heterocycles. The van der Waals surface area contributed by atoms with Gasteiger partial charge in [0.25, 0.3) is 0 Å². The first-order valence-corrected chi connectivity index (χ1v) is 10.0. The number of ether oxygens (including phenoxy) is 4. The molecule has 0 heterocycles. The van der Waals surface area contributed by atoms with E-state index in [1.807, 2.05) is 18.2 Å². The number of nitrogens with zero attached hydrogens (tertiary/aromatic N) is 1. The highest BCUT2D eigenvalue weighted by molar-refractivity contribution is 5.92. The molecule has 33 heavy (non-hydrogen) atoms. The minimum absolute atomic E-state index is 0.393. The van der Waals surface area contributed by atoms with E-state index in [0.29, 0.717) is 34.1 Å². The molecule has 0 unspecified atom stereocenters. The normalized spacial score (nSPS) is 11.0. The topological polar surface area (TPSA) is 77.8 Å². The fourth-order valence-electron chi connectivity index (χ4n) is 3.11. The Hall–Kier alpha value is -4.50. The van der Waals surface area contributed by atoms with Crippen LogP contribution in [0.5, 0.6) is 23.0 Å². The zero-order valence-electron chi connectivity index (χ0n) is 18.6. The van der Waals surface area contributed by atoms with Gasteiger partial charge in [0.2, 0.25) is 0 Å². The molecule has 0 fully saturated rings. The van der Waals surface area contributed by atoms with E-state index in [0.717, 1.165) is 11.1 Å². The first-order valence-electron chi connectivity index (χ1n) is 10.0. The van der Waals surface area contributed by atoms with Gasteiger partial charge < -0.3 is 18.9 Å². The molecule has 3 aromatic carbocycles. The van der Waals surface area contributed by atoms with E-state index in [9.17, 15) is 10.1 Å². The summed E-state index contributed by atoms with van der Waals surface area (Å²) in [6.45, 7) is 0. The second-order valence-corrected chi connectivity index (χ2v) is 6.81. The molecule has 6 heteroatoms. The zero-order valence-corrected chi connectivity index (χ0v) is 18.6. The van der Waals surface area contributed by atoms with Crippen LogP contribution < -0.4 is 18.9 Å². The van der Waals surface area contributed by atoms with Crippen LogP contribution in [0.4, 0.5) is 0 Å². The van der Waals surface area contributed by atoms with Crippen molar-refractivity contribution in [1.29, 1.82) is 5.26 Å². The Bertz CT molecular complexity index is 1220. The van der Waals surface area contributed by atoms with Crippen molar-refractivity contribution < 1.29 is 23.7 Å². The third kappa shape index (κ3) is 6.02. The molecule has 6 nitrogen and oxygen atoms in total. The van der Waals surface area contributed by atoms with Gasteiger partial charge in [-0.25, -0.2) is 4.79 Å². The van der Waals surface area contributed by atoms with E-state index in [1.54, 1.807) is 82.0 Å². The summed E-state index contributed by atoms with van der Waals surface area (Å²) in [4.78, 5) is 12.2. The van der Waals surface area contributed by atoms with Gasteiger partial charge in [-0.1, -0.05) is 30.3 Å². The van der Waals surface area contributed by atoms with Crippen LogP contribution in [0.3, 0.4) is 0 Å². The second-order valence-electron chi connectivity index (χ2n) is 6.81. The zero-order chi connectivity index (χ0) is 23.6. The number of methoxy groups -OCH3 is 3. The molecule has 0 saturated heterocycles. The van der Waals surface area contributed by atoms with E-state index in [-0.39, 0.29) is 0 Å². The van der Waals surface area contributed by atoms with E-state index < -0.39 is 5.97 Å². The molecule has 0 atom stereocenters.